The fourth-order valence-electron chi connectivity index (χ4n) is 1.57. The Balaban J connectivity index is 2.74. The number of aromatic amines is 1. The number of nitriles is 2. The number of ether oxygens (including phenoxy) is 2. The first-order chi connectivity index (χ1) is 10.3. The Kier molecular flexibility index (Phi) is 5.90. The van der Waals surface area contributed by atoms with Gasteiger partial charge in [0.15, 0.2) is 18.2 Å². The lowest BCUT2D eigenvalue weighted by Crippen LogP contribution is -2.18. The van der Waals surface area contributed by atoms with Gasteiger partial charge in [-0.3, -0.25) is 9.59 Å². The molecule has 3 N–H and O–H groups in total. The molecular weight excluding hydrogens is 290 g/mol. The summed E-state index contributed by atoms with van der Waals surface area (Å²) in [7, 11) is 0. The Labute approximate surface area is 126 Å². The summed E-state index contributed by atoms with van der Waals surface area (Å²) in [5.74, 6) is -1.29. The molecule has 0 aromatic carbocycles. The van der Waals surface area contributed by atoms with Crippen LogP contribution >= 0.6 is 0 Å². The maximum Gasteiger partial charge on any atom is 0.313 e. The summed E-state index contributed by atoms with van der Waals surface area (Å²) >= 11 is 0. The van der Waals surface area contributed by atoms with Gasteiger partial charge in [-0.2, -0.15) is 10.5 Å². The van der Waals surface area contributed by atoms with Gasteiger partial charge in [-0.15, -0.1) is 0 Å². The van der Waals surface area contributed by atoms with Gasteiger partial charge in [-0.05, 0) is 13.8 Å². The van der Waals surface area contributed by atoms with Crippen molar-refractivity contribution in [2.75, 3.05) is 5.73 Å². The molecule has 0 aliphatic heterocycles. The van der Waals surface area contributed by atoms with Gasteiger partial charge >= 0.3 is 11.9 Å². The topological polar surface area (TPSA) is 155 Å². The van der Waals surface area contributed by atoms with E-state index < -0.39 is 24.1 Å². The molecule has 1 aromatic rings. The molecule has 0 aliphatic rings. The fraction of sp³-hybridized carbons (Fsp3) is 0.462. The average molecular weight is 305 g/mol. The number of anilines is 1. The molecule has 116 valence electrons. The zero-order valence-electron chi connectivity index (χ0n) is 12.1. The van der Waals surface area contributed by atoms with Crippen molar-refractivity contribution in [2.24, 2.45) is 0 Å². The second-order valence-corrected chi connectivity index (χ2v) is 4.42. The van der Waals surface area contributed by atoms with E-state index in [-0.39, 0.29) is 24.5 Å². The van der Waals surface area contributed by atoms with Gasteiger partial charge in [0.2, 0.25) is 0 Å². The number of esters is 2. The third-order valence-electron chi connectivity index (χ3n) is 2.50. The van der Waals surface area contributed by atoms with Crippen LogP contribution in [-0.4, -0.2) is 34.1 Å². The van der Waals surface area contributed by atoms with Crippen LogP contribution < -0.4 is 5.73 Å². The van der Waals surface area contributed by atoms with Crippen LogP contribution in [0.4, 0.5) is 5.95 Å². The van der Waals surface area contributed by atoms with Crippen LogP contribution in [0.2, 0.25) is 0 Å². The van der Waals surface area contributed by atoms with Crippen LogP contribution in [0.15, 0.2) is 0 Å². The quantitative estimate of drug-likeness (QED) is 0.695. The number of aromatic nitrogens is 2. The van der Waals surface area contributed by atoms with E-state index in [0.717, 1.165) is 0 Å². The molecule has 0 fully saturated rings. The van der Waals surface area contributed by atoms with E-state index in [2.05, 4.69) is 9.97 Å². The fourth-order valence-corrected chi connectivity index (χ4v) is 1.57. The number of hydrogen-bond donors (Lipinski definition) is 2. The normalized spacial score (nSPS) is 12.5. The Morgan fingerprint density at radius 1 is 1.18 bits per heavy atom. The predicted molar refractivity (Wildman–Crippen MR) is 72.7 cm³/mol. The molecule has 9 nitrogen and oxygen atoms in total. The highest BCUT2D eigenvalue weighted by Crippen LogP contribution is 2.12. The number of hydrogen-bond acceptors (Lipinski definition) is 8. The van der Waals surface area contributed by atoms with Gasteiger partial charge in [-0.25, -0.2) is 4.98 Å². The molecule has 2 unspecified atom stereocenters. The third kappa shape index (κ3) is 5.13. The number of nitrogens with one attached hydrogen (secondary N) is 1. The number of nitrogens with two attached hydrogens (primary N) is 1. The van der Waals surface area contributed by atoms with Crippen molar-refractivity contribution in [3.05, 3.63) is 11.4 Å². The van der Waals surface area contributed by atoms with E-state index in [1.54, 1.807) is 12.1 Å². The molecule has 0 saturated heterocycles. The summed E-state index contributed by atoms with van der Waals surface area (Å²) in [6, 6.07) is 3.52. The van der Waals surface area contributed by atoms with E-state index in [1.807, 2.05) is 0 Å². The minimum Gasteiger partial charge on any atom is -0.447 e. The molecule has 0 bridgehead atoms. The van der Waals surface area contributed by atoms with Crippen molar-refractivity contribution in [2.45, 2.75) is 38.9 Å². The summed E-state index contributed by atoms with van der Waals surface area (Å²) in [6.45, 7) is 2.86. The first-order valence-corrected chi connectivity index (χ1v) is 6.37. The smallest absolute Gasteiger partial charge is 0.313 e. The second kappa shape index (κ2) is 7.64. The van der Waals surface area contributed by atoms with Crippen LogP contribution in [0.5, 0.6) is 0 Å². The van der Waals surface area contributed by atoms with Gasteiger partial charge < -0.3 is 20.2 Å². The highest BCUT2D eigenvalue weighted by Gasteiger charge is 2.19. The molecule has 9 heteroatoms. The molecule has 1 rings (SSSR count). The van der Waals surface area contributed by atoms with Gasteiger partial charge in [-0.1, -0.05) is 0 Å². The number of carbonyl (C=O) groups is 2. The molecule has 0 spiro atoms. The Morgan fingerprint density at radius 2 is 1.68 bits per heavy atom. The number of nitrogen functional groups attached to an aromatic ring is 1. The molecule has 0 saturated carbocycles. The van der Waals surface area contributed by atoms with Crippen LogP contribution in [0.25, 0.3) is 0 Å². The van der Waals surface area contributed by atoms with Crippen molar-refractivity contribution >= 4 is 17.9 Å². The lowest BCUT2D eigenvalue weighted by Gasteiger charge is -2.07. The summed E-state index contributed by atoms with van der Waals surface area (Å²) in [6.07, 6.45) is -2.21. The van der Waals surface area contributed by atoms with E-state index in [1.165, 1.54) is 13.8 Å². The lowest BCUT2D eigenvalue weighted by molar-refractivity contribution is -0.146. The summed E-state index contributed by atoms with van der Waals surface area (Å²) in [4.78, 5) is 29.8. The van der Waals surface area contributed by atoms with Gasteiger partial charge in [0, 0.05) is 0 Å². The van der Waals surface area contributed by atoms with Crippen LogP contribution in [0.1, 0.15) is 25.2 Å². The van der Waals surface area contributed by atoms with E-state index in [9.17, 15) is 9.59 Å². The van der Waals surface area contributed by atoms with Crippen LogP contribution in [0, 0.1) is 22.7 Å². The molecule has 1 heterocycles. The van der Waals surface area contributed by atoms with Crippen molar-refractivity contribution in [3.63, 3.8) is 0 Å². The van der Waals surface area contributed by atoms with Crippen molar-refractivity contribution in [3.8, 4) is 12.1 Å². The standard InChI is InChI=1S/C13H15N5O4/c1-7(5-14)21-11(19)3-9-10(18-13(16)17-9)4-12(20)22-8(2)6-15/h7-8H,3-4H2,1-2H3,(H3,16,17,18). The van der Waals surface area contributed by atoms with Gasteiger partial charge in [0.05, 0.1) is 24.2 Å². The van der Waals surface area contributed by atoms with E-state index in [0.29, 0.717) is 5.69 Å². The second-order valence-electron chi connectivity index (χ2n) is 4.42. The van der Waals surface area contributed by atoms with Gasteiger partial charge in [0.1, 0.15) is 12.1 Å². The summed E-state index contributed by atoms with van der Waals surface area (Å²) < 4.78 is 9.61. The molecule has 0 aliphatic carbocycles. The maximum absolute atomic E-state index is 11.6. The number of H-pyrrole nitrogens is 1. The molecule has 22 heavy (non-hydrogen) atoms. The van der Waals surface area contributed by atoms with Crippen molar-refractivity contribution in [1.29, 1.82) is 10.5 Å². The van der Waals surface area contributed by atoms with E-state index in [4.69, 9.17) is 25.7 Å². The predicted octanol–water partition coefficient (Wildman–Crippen LogP) is -0.0125. The molecule has 0 radical (unpaired) electrons. The third-order valence-corrected chi connectivity index (χ3v) is 2.50. The van der Waals surface area contributed by atoms with Crippen molar-refractivity contribution in [1.82, 2.24) is 9.97 Å². The molecular formula is C13H15N5O4. The molecule has 0 amide bonds. The van der Waals surface area contributed by atoms with E-state index >= 15 is 0 Å². The zero-order chi connectivity index (χ0) is 16.7. The number of rotatable bonds is 6. The monoisotopic (exact) mass is 305 g/mol. The first kappa shape index (κ1) is 17.0. The molecule has 1 aromatic heterocycles. The first-order valence-electron chi connectivity index (χ1n) is 6.37. The highest BCUT2D eigenvalue weighted by molar-refractivity contribution is 5.76. The summed E-state index contributed by atoms with van der Waals surface area (Å²) in [5, 5.41) is 17.2. The molecule has 2 atom stereocenters. The minimum absolute atomic E-state index is 0.0345. The zero-order valence-corrected chi connectivity index (χ0v) is 12.1. The van der Waals surface area contributed by atoms with Crippen molar-refractivity contribution < 1.29 is 19.1 Å². The van der Waals surface area contributed by atoms with Gasteiger partial charge in [0.25, 0.3) is 0 Å². The largest absolute Gasteiger partial charge is 0.447 e. The number of nitrogens with zero attached hydrogens (tertiary/aromatic N) is 3. The minimum atomic E-state index is -0.881. The highest BCUT2D eigenvalue weighted by atomic mass is 16.5. The Bertz CT molecular complexity index is 586. The SMILES string of the molecule is CC(C#N)OC(=O)Cc1nc(N)[nH]c1CC(=O)OC(C)C#N. The van der Waals surface area contributed by atoms with Crippen LogP contribution in [-0.2, 0) is 31.9 Å². The van der Waals surface area contributed by atoms with Crippen LogP contribution in [0.3, 0.4) is 0 Å². The lowest BCUT2D eigenvalue weighted by atomic mass is 10.2. The Hall–Kier alpha value is -3.07. The number of imidazole rings is 1. The maximum atomic E-state index is 11.6. The number of carbonyl (C=O) groups excluding carboxylic acids is 2. The summed E-state index contributed by atoms with van der Waals surface area (Å²) in [5.41, 5.74) is 6.04. The Morgan fingerprint density at radius 3 is 2.18 bits per heavy atom. The average Bonchev–Trinajstić information content (AvgIpc) is 2.77.